The summed E-state index contributed by atoms with van der Waals surface area (Å²) in [6.07, 6.45) is 5.41. The summed E-state index contributed by atoms with van der Waals surface area (Å²) in [5.74, 6) is 0.185. The van der Waals surface area contributed by atoms with Crippen LogP contribution in [0.25, 0.3) is 0 Å². The van der Waals surface area contributed by atoms with Crippen LogP contribution in [0.2, 0.25) is 5.02 Å². The molecule has 2 heterocycles. The maximum absolute atomic E-state index is 12.9. The van der Waals surface area contributed by atoms with Gasteiger partial charge in [-0.3, -0.25) is 4.79 Å². The van der Waals surface area contributed by atoms with E-state index in [4.69, 9.17) is 11.6 Å². The van der Waals surface area contributed by atoms with Crippen LogP contribution >= 0.6 is 22.9 Å². The molecule has 1 amide bonds. The number of rotatable bonds is 3. The Morgan fingerprint density at radius 1 is 1.22 bits per heavy atom. The highest BCUT2D eigenvalue weighted by Crippen LogP contribution is 2.40. The number of nitrogens with zero attached hydrogens (tertiary/aromatic N) is 1. The minimum Gasteiger partial charge on any atom is -0.359 e. The molecule has 0 atom stereocenters. The van der Waals surface area contributed by atoms with Crippen molar-refractivity contribution >= 4 is 33.8 Å². The predicted octanol–water partition coefficient (Wildman–Crippen LogP) is 4.35. The van der Waals surface area contributed by atoms with E-state index in [1.165, 1.54) is 23.3 Å². The van der Waals surface area contributed by atoms with Gasteiger partial charge in [-0.25, -0.2) is 0 Å². The molecule has 1 N–H and O–H groups in total. The van der Waals surface area contributed by atoms with Crippen LogP contribution in [0, 0.1) is 0 Å². The second-order valence-electron chi connectivity index (χ2n) is 6.16. The molecular formula is C18H19ClN2OS. The Morgan fingerprint density at radius 3 is 2.91 bits per heavy atom. The molecular weight excluding hydrogens is 328 g/mol. The van der Waals surface area contributed by atoms with Crippen LogP contribution in [0.1, 0.15) is 39.2 Å². The molecule has 23 heavy (non-hydrogen) atoms. The topological polar surface area (TPSA) is 32.3 Å². The summed E-state index contributed by atoms with van der Waals surface area (Å²) < 4.78 is 0. The monoisotopic (exact) mass is 346 g/mol. The molecule has 2 aliphatic rings. The molecule has 4 rings (SSSR count). The van der Waals surface area contributed by atoms with E-state index in [2.05, 4.69) is 5.32 Å². The van der Waals surface area contributed by atoms with Crippen LogP contribution < -0.4 is 5.32 Å². The fourth-order valence-electron chi connectivity index (χ4n) is 3.45. The molecule has 1 aromatic carbocycles. The van der Waals surface area contributed by atoms with Crippen molar-refractivity contribution in [1.29, 1.82) is 0 Å². The smallest absolute Gasteiger partial charge is 0.258 e. The van der Waals surface area contributed by atoms with Gasteiger partial charge < -0.3 is 10.2 Å². The van der Waals surface area contributed by atoms with Crippen LogP contribution in [0.3, 0.4) is 0 Å². The van der Waals surface area contributed by atoms with E-state index in [-0.39, 0.29) is 5.91 Å². The maximum Gasteiger partial charge on any atom is 0.258 e. The third-order valence-electron chi connectivity index (χ3n) is 4.71. The number of aryl methyl sites for hydroxylation is 1. The average molecular weight is 347 g/mol. The average Bonchev–Trinajstić information content (AvgIpc) is 2.95. The maximum atomic E-state index is 12.9. The molecule has 120 valence electrons. The van der Waals surface area contributed by atoms with Crippen molar-refractivity contribution in [2.24, 2.45) is 0 Å². The Morgan fingerprint density at radius 2 is 2.04 bits per heavy atom. The molecule has 0 bridgehead atoms. The standard InChI is InChI=1S/C18H19ClN2OS/c19-14-7-3-1-5-12(14)9-10-21-11-20-17-16(18(21)22)13-6-2-4-8-15(13)23-17/h1,3,5,7,20H,2,4,6,8-11H2. The SMILES string of the molecule is O=C1c2c(sc3c2CCCC3)NCN1CCc1ccccc1Cl. The molecule has 1 aliphatic heterocycles. The van der Waals surface area contributed by atoms with Crippen molar-refractivity contribution in [3.8, 4) is 0 Å². The van der Waals surface area contributed by atoms with Gasteiger partial charge in [0, 0.05) is 16.4 Å². The molecule has 0 fully saturated rings. The number of anilines is 1. The largest absolute Gasteiger partial charge is 0.359 e. The summed E-state index contributed by atoms with van der Waals surface area (Å²) in [5.41, 5.74) is 3.34. The Bertz CT molecular complexity index is 755. The second-order valence-corrected chi connectivity index (χ2v) is 7.67. The van der Waals surface area contributed by atoms with E-state index in [1.807, 2.05) is 29.2 Å². The predicted molar refractivity (Wildman–Crippen MR) is 95.6 cm³/mol. The lowest BCUT2D eigenvalue weighted by Gasteiger charge is -2.29. The van der Waals surface area contributed by atoms with Crippen molar-refractivity contribution in [3.63, 3.8) is 0 Å². The van der Waals surface area contributed by atoms with Crippen LogP contribution in [0.4, 0.5) is 5.00 Å². The number of hydrogen-bond donors (Lipinski definition) is 1. The van der Waals surface area contributed by atoms with E-state index >= 15 is 0 Å². The van der Waals surface area contributed by atoms with E-state index in [0.29, 0.717) is 13.2 Å². The summed E-state index contributed by atoms with van der Waals surface area (Å²) in [4.78, 5) is 16.2. The van der Waals surface area contributed by atoms with E-state index in [0.717, 1.165) is 40.4 Å². The lowest BCUT2D eigenvalue weighted by molar-refractivity contribution is 0.0760. The number of carbonyl (C=O) groups is 1. The molecule has 2 aromatic rings. The zero-order valence-corrected chi connectivity index (χ0v) is 14.5. The minimum absolute atomic E-state index is 0.185. The van der Waals surface area contributed by atoms with Gasteiger partial charge in [0.1, 0.15) is 5.00 Å². The molecule has 3 nitrogen and oxygen atoms in total. The second kappa shape index (κ2) is 6.17. The Kier molecular flexibility index (Phi) is 4.04. The van der Waals surface area contributed by atoms with Gasteiger partial charge in [0.05, 0.1) is 12.2 Å². The highest BCUT2D eigenvalue weighted by molar-refractivity contribution is 7.16. The quantitative estimate of drug-likeness (QED) is 0.896. The van der Waals surface area contributed by atoms with Crippen LogP contribution in [-0.4, -0.2) is 24.0 Å². The third-order valence-corrected chi connectivity index (χ3v) is 6.33. The number of halogens is 1. The summed E-state index contributed by atoms with van der Waals surface area (Å²) in [6, 6.07) is 7.86. The van der Waals surface area contributed by atoms with E-state index in [9.17, 15) is 4.79 Å². The van der Waals surface area contributed by atoms with Crippen molar-refractivity contribution in [2.45, 2.75) is 32.1 Å². The normalized spacial score (nSPS) is 16.7. The van der Waals surface area contributed by atoms with Gasteiger partial charge in [-0.15, -0.1) is 11.3 Å². The van der Waals surface area contributed by atoms with E-state index in [1.54, 1.807) is 11.3 Å². The highest BCUT2D eigenvalue weighted by Gasteiger charge is 2.31. The molecule has 0 radical (unpaired) electrons. The number of nitrogens with one attached hydrogen (secondary N) is 1. The first-order valence-corrected chi connectivity index (χ1v) is 9.34. The lowest BCUT2D eigenvalue weighted by atomic mass is 9.94. The first-order chi connectivity index (χ1) is 11.2. The van der Waals surface area contributed by atoms with Gasteiger partial charge in [0.15, 0.2) is 0 Å². The van der Waals surface area contributed by atoms with Crippen molar-refractivity contribution < 1.29 is 4.79 Å². The molecule has 0 saturated carbocycles. The van der Waals surface area contributed by atoms with Gasteiger partial charge in [-0.05, 0) is 49.3 Å². The van der Waals surface area contributed by atoms with E-state index < -0.39 is 0 Å². The summed E-state index contributed by atoms with van der Waals surface area (Å²) in [7, 11) is 0. The highest BCUT2D eigenvalue weighted by atomic mass is 35.5. The van der Waals surface area contributed by atoms with Crippen LogP contribution in [-0.2, 0) is 19.3 Å². The fraction of sp³-hybridized carbons (Fsp3) is 0.389. The molecule has 5 heteroatoms. The van der Waals surface area contributed by atoms with Crippen molar-refractivity contribution in [1.82, 2.24) is 4.90 Å². The first kappa shape index (κ1) is 15.0. The number of thiophene rings is 1. The Labute approximate surface area is 145 Å². The summed E-state index contributed by atoms with van der Waals surface area (Å²) in [5, 5.41) is 5.30. The molecule has 0 spiro atoms. The van der Waals surface area contributed by atoms with Gasteiger partial charge in [-0.2, -0.15) is 0 Å². The number of carbonyl (C=O) groups excluding carboxylic acids is 1. The van der Waals surface area contributed by atoms with Gasteiger partial charge in [0.2, 0.25) is 0 Å². The molecule has 1 aromatic heterocycles. The lowest BCUT2D eigenvalue weighted by Crippen LogP contribution is -2.41. The van der Waals surface area contributed by atoms with Crippen molar-refractivity contribution in [2.75, 3.05) is 18.5 Å². The van der Waals surface area contributed by atoms with Crippen molar-refractivity contribution in [3.05, 3.63) is 50.9 Å². The number of hydrogen-bond acceptors (Lipinski definition) is 3. The number of amides is 1. The molecule has 1 aliphatic carbocycles. The molecule has 0 saturated heterocycles. The first-order valence-electron chi connectivity index (χ1n) is 8.15. The van der Waals surface area contributed by atoms with Gasteiger partial charge in [-0.1, -0.05) is 29.8 Å². The Hall–Kier alpha value is -1.52. The molecule has 0 unspecified atom stereocenters. The fourth-order valence-corrected chi connectivity index (χ4v) is 4.95. The zero-order chi connectivity index (χ0) is 15.8. The van der Waals surface area contributed by atoms with Crippen LogP contribution in [0.15, 0.2) is 24.3 Å². The summed E-state index contributed by atoms with van der Waals surface area (Å²) >= 11 is 8.00. The Balaban J connectivity index is 1.53. The number of fused-ring (bicyclic) bond motifs is 3. The van der Waals surface area contributed by atoms with Gasteiger partial charge >= 0.3 is 0 Å². The summed E-state index contributed by atoms with van der Waals surface area (Å²) in [6.45, 7) is 1.29. The number of benzene rings is 1. The van der Waals surface area contributed by atoms with Crippen LogP contribution in [0.5, 0.6) is 0 Å². The third kappa shape index (κ3) is 2.74. The van der Waals surface area contributed by atoms with Gasteiger partial charge in [0.25, 0.3) is 5.91 Å². The minimum atomic E-state index is 0.185. The zero-order valence-electron chi connectivity index (χ0n) is 12.9.